The van der Waals surface area contributed by atoms with Crippen LogP contribution >= 0.6 is 7.82 Å². The summed E-state index contributed by atoms with van der Waals surface area (Å²) >= 11 is 0. The van der Waals surface area contributed by atoms with Crippen LogP contribution in [0.25, 0.3) is 0 Å². The molecule has 0 saturated carbocycles. The minimum absolute atomic E-state index is 0.0222. The van der Waals surface area contributed by atoms with Gasteiger partial charge in [0.2, 0.25) is 0 Å². The van der Waals surface area contributed by atoms with Crippen LogP contribution in [0.1, 0.15) is 90.9 Å². The van der Waals surface area contributed by atoms with E-state index in [1.165, 1.54) is 0 Å². The highest BCUT2D eigenvalue weighted by atomic mass is 31.2. The molecule has 3 atom stereocenters. The van der Waals surface area contributed by atoms with Crippen molar-refractivity contribution in [3.63, 3.8) is 0 Å². The number of rotatable bonds is 26. The number of hydrogen-bond donors (Lipinski definition) is 4. The number of ether oxygens (including phenoxy) is 2. The van der Waals surface area contributed by atoms with E-state index in [1.807, 2.05) is 49.5 Å². The smallest absolute Gasteiger partial charge is 0.462 e. The van der Waals surface area contributed by atoms with Gasteiger partial charge in [-0.25, -0.2) is 4.57 Å². The van der Waals surface area contributed by atoms with Gasteiger partial charge in [-0.05, 0) is 38.5 Å². The molecular weight excluding hydrogens is 587 g/mol. The quantitative estimate of drug-likeness (QED) is 0.0277. The summed E-state index contributed by atoms with van der Waals surface area (Å²) in [5.74, 6) is -1.09. The second-order valence-corrected chi connectivity index (χ2v) is 11.3. The van der Waals surface area contributed by atoms with E-state index in [4.69, 9.17) is 19.3 Å². The van der Waals surface area contributed by atoms with Crippen LogP contribution in [0.15, 0.2) is 72.9 Å². The minimum atomic E-state index is -4.79. The molecule has 0 amide bonds. The first kappa shape index (κ1) is 41.4. The van der Waals surface area contributed by atoms with Gasteiger partial charge in [0.05, 0.1) is 18.8 Å². The van der Waals surface area contributed by atoms with Crippen molar-refractivity contribution in [1.29, 1.82) is 0 Å². The summed E-state index contributed by atoms with van der Waals surface area (Å²) in [6, 6.07) is 0. The molecule has 0 aromatic heterocycles. The van der Waals surface area contributed by atoms with Crippen LogP contribution in [0.5, 0.6) is 0 Å². The Kier molecular flexibility index (Phi) is 26.3. The normalized spacial score (nSPS) is 15.0. The fourth-order valence-corrected chi connectivity index (χ4v) is 3.94. The Bertz CT molecular complexity index is 977. The van der Waals surface area contributed by atoms with Gasteiger partial charge in [-0.1, -0.05) is 112 Å². The van der Waals surface area contributed by atoms with Crippen LogP contribution in [0.2, 0.25) is 0 Å². The average Bonchev–Trinajstić information content (AvgIpc) is 2.97. The molecule has 0 aromatic rings. The summed E-state index contributed by atoms with van der Waals surface area (Å²) in [5.41, 5.74) is 0. The third kappa shape index (κ3) is 29.5. The van der Waals surface area contributed by atoms with Gasteiger partial charge >= 0.3 is 19.8 Å². The first-order valence-electron chi connectivity index (χ1n) is 15.5. The lowest BCUT2D eigenvalue weighted by Crippen LogP contribution is -2.29. The highest BCUT2D eigenvalue weighted by Crippen LogP contribution is 2.35. The van der Waals surface area contributed by atoms with Crippen LogP contribution in [0.4, 0.5) is 0 Å². The van der Waals surface area contributed by atoms with Crippen LogP contribution in [-0.4, -0.2) is 63.5 Å². The molecule has 0 fully saturated rings. The fourth-order valence-electron chi connectivity index (χ4n) is 3.58. The van der Waals surface area contributed by atoms with E-state index in [0.29, 0.717) is 32.1 Å². The summed E-state index contributed by atoms with van der Waals surface area (Å²) in [6.07, 6.45) is 27.6. The maximum Gasteiger partial charge on any atom is 0.469 e. The molecule has 0 spiro atoms. The number of carbonyl (C=O) groups is 2. The predicted octanol–water partition coefficient (Wildman–Crippen LogP) is 6.33. The molecule has 4 N–H and O–H groups in total. The van der Waals surface area contributed by atoms with Gasteiger partial charge in [0, 0.05) is 12.8 Å². The molecule has 0 saturated heterocycles. The number of phosphoric ester groups is 1. The van der Waals surface area contributed by atoms with Crippen LogP contribution in [0.3, 0.4) is 0 Å². The Morgan fingerprint density at radius 3 is 2.11 bits per heavy atom. The van der Waals surface area contributed by atoms with Gasteiger partial charge in [0.25, 0.3) is 0 Å². The predicted molar refractivity (Wildman–Crippen MR) is 172 cm³/mol. The maximum atomic E-state index is 12.2. The van der Waals surface area contributed by atoms with Gasteiger partial charge in [-0.2, -0.15) is 0 Å². The largest absolute Gasteiger partial charge is 0.469 e. The topological polar surface area (TPSA) is 160 Å². The van der Waals surface area contributed by atoms with Crippen LogP contribution in [-0.2, 0) is 28.2 Å². The number of aliphatic hydroxyl groups excluding tert-OH is 2. The zero-order chi connectivity index (χ0) is 32.9. The number of phosphoric acid groups is 1. The first-order chi connectivity index (χ1) is 21.1. The molecule has 0 radical (unpaired) electrons. The summed E-state index contributed by atoms with van der Waals surface area (Å²) in [7, 11) is -4.79. The van der Waals surface area contributed by atoms with Gasteiger partial charge in [0.1, 0.15) is 6.61 Å². The summed E-state index contributed by atoms with van der Waals surface area (Å²) in [6.45, 7) is 3.17. The van der Waals surface area contributed by atoms with E-state index in [-0.39, 0.29) is 19.4 Å². The lowest BCUT2D eigenvalue weighted by atomic mass is 10.1. The Labute approximate surface area is 263 Å². The van der Waals surface area contributed by atoms with Crippen molar-refractivity contribution in [2.24, 2.45) is 0 Å². The zero-order valence-electron chi connectivity index (χ0n) is 26.2. The Balaban J connectivity index is 4.35. The highest BCUT2D eigenvalue weighted by Gasteiger charge is 2.22. The molecule has 0 bridgehead atoms. The van der Waals surface area contributed by atoms with Crippen molar-refractivity contribution in [1.82, 2.24) is 0 Å². The second-order valence-electron chi connectivity index (χ2n) is 10.1. The van der Waals surface area contributed by atoms with Crippen molar-refractivity contribution >= 4 is 19.8 Å². The van der Waals surface area contributed by atoms with E-state index < -0.39 is 44.7 Å². The Morgan fingerprint density at radius 1 is 0.750 bits per heavy atom. The van der Waals surface area contributed by atoms with E-state index >= 15 is 0 Å². The van der Waals surface area contributed by atoms with Gasteiger partial charge in [-0.15, -0.1) is 0 Å². The summed E-state index contributed by atoms with van der Waals surface area (Å²) in [5, 5.41) is 19.8. The van der Waals surface area contributed by atoms with Crippen LogP contribution < -0.4 is 0 Å². The third-order valence-corrected chi connectivity index (χ3v) is 6.40. The lowest BCUT2D eigenvalue weighted by molar-refractivity contribution is -0.161. The first-order valence-corrected chi connectivity index (χ1v) is 17.0. The maximum absolute atomic E-state index is 12.2. The third-order valence-electron chi connectivity index (χ3n) is 5.91. The van der Waals surface area contributed by atoms with Crippen molar-refractivity contribution in [2.75, 3.05) is 13.2 Å². The second kappa shape index (κ2) is 27.9. The Morgan fingerprint density at radius 2 is 1.43 bits per heavy atom. The molecule has 0 heterocycles. The Hall–Kier alpha value is -2.59. The lowest BCUT2D eigenvalue weighted by Gasteiger charge is -2.18. The standard InChI is InChI=1S/C33H53O10P/c1-3-5-7-11-19-25-32(36)41-27-31(28-42-44(38,39)40)43-33(37)26-20-14-18-24-30(35)23-17-13-10-8-9-12-16-22-29(34)21-15-6-4-2/h6,9-10,12-13,15-18,22-24,29-31,34-35H,3-5,7-8,11,14,19-21,25-28H2,1-2H3,(H2,38,39,40)/b12-9-,13-10-,15-6-,22-16+,23-17+,24-18-/t29-,30-,31+/m0/s1. The van der Waals surface area contributed by atoms with Gasteiger partial charge in [-0.3, -0.25) is 14.1 Å². The molecule has 0 aliphatic rings. The minimum Gasteiger partial charge on any atom is -0.462 e. The van der Waals surface area contributed by atoms with E-state index in [9.17, 15) is 24.4 Å². The summed E-state index contributed by atoms with van der Waals surface area (Å²) in [4.78, 5) is 42.1. The van der Waals surface area contributed by atoms with E-state index in [2.05, 4.69) is 11.4 Å². The molecular formula is C33H53O10P. The average molecular weight is 641 g/mol. The fraction of sp³-hybridized carbons (Fsp3) is 0.576. The SMILES string of the molecule is CC/C=C\C[C@H](O)/C=C/C=C\C/C=C\C=C\[C@H](O)/C=C\CCCC(=O)O[C@H](COC(=O)CCCCCCC)COP(=O)(O)O. The van der Waals surface area contributed by atoms with E-state index in [1.54, 1.807) is 30.4 Å². The number of unbranched alkanes of at least 4 members (excludes halogenated alkanes) is 5. The van der Waals surface area contributed by atoms with Crippen molar-refractivity contribution in [3.05, 3.63) is 72.9 Å². The molecule has 0 unspecified atom stereocenters. The van der Waals surface area contributed by atoms with Crippen molar-refractivity contribution < 1.29 is 48.2 Å². The van der Waals surface area contributed by atoms with Crippen LogP contribution in [0, 0.1) is 0 Å². The molecule has 250 valence electrons. The van der Waals surface area contributed by atoms with Gasteiger partial charge in [0.15, 0.2) is 6.10 Å². The molecule has 10 nitrogen and oxygen atoms in total. The molecule has 0 aliphatic heterocycles. The molecule has 11 heteroatoms. The molecule has 44 heavy (non-hydrogen) atoms. The zero-order valence-corrected chi connectivity index (χ0v) is 27.1. The molecule has 0 aliphatic carbocycles. The number of allylic oxidation sites excluding steroid dienone is 8. The van der Waals surface area contributed by atoms with Crippen molar-refractivity contribution in [2.45, 2.75) is 109 Å². The van der Waals surface area contributed by atoms with E-state index in [0.717, 1.165) is 32.1 Å². The number of carbonyl (C=O) groups excluding carboxylic acids is 2. The van der Waals surface area contributed by atoms with Crippen molar-refractivity contribution in [3.8, 4) is 0 Å². The number of esters is 2. The monoisotopic (exact) mass is 640 g/mol. The van der Waals surface area contributed by atoms with Gasteiger partial charge < -0.3 is 29.5 Å². The highest BCUT2D eigenvalue weighted by molar-refractivity contribution is 7.46. The number of hydrogen-bond acceptors (Lipinski definition) is 8. The summed E-state index contributed by atoms with van der Waals surface area (Å²) < 4.78 is 25.8. The number of aliphatic hydroxyl groups is 2. The molecule has 0 rings (SSSR count). The molecule has 0 aromatic carbocycles.